The van der Waals surface area contributed by atoms with Crippen LogP contribution in [0.15, 0.2) is 120 Å². The fourth-order valence-electron chi connectivity index (χ4n) is 4.03. The zero-order valence-corrected chi connectivity index (χ0v) is 27.6. The second kappa shape index (κ2) is 18.9. The Morgan fingerprint density at radius 2 is 1.43 bits per heavy atom. The third kappa shape index (κ3) is 10.9. The maximum Gasteiger partial charge on any atom is 0.131 e. The van der Waals surface area contributed by atoms with Crippen LogP contribution in [-0.4, -0.2) is 17.8 Å². The van der Waals surface area contributed by atoms with Gasteiger partial charge < -0.3 is 15.5 Å². The Hall–Kier alpha value is -4.31. The molecule has 0 aliphatic carbocycles. The Labute approximate surface area is 256 Å². The van der Waals surface area contributed by atoms with Gasteiger partial charge >= 0.3 is 0 Å². The van der Waals surface area contributed by atoms with Crippen molar-refractivity contribution >= 4 is 17.2 Å². The van der Waals surface area contributed by atoms with Crippen LogP contribution in [0.25, 0.3) is 5.70 Å². The molecule has 0 amide bonds. The van der Waals surface area contributed by atoms with Crippen LogP contribution in [0.2, 0.25) is 0 Å². The van der Waals surface area contributed by atoms with Gasteiger partial charge in [-0.25, -0.2) is 0 Å². The first-order valence-electron chi connectivity index (χ1n) is 14.9. The number of likely N-dealkylation sites (N-methyl/N-ethyl adjacent to an activating group) is 1. The minimum absolute atomic E-state index is 0.651. The average Bonchev–Trinajstić information content (AvgIpc) is 3.01. The second-order valence-corrected chi connectivity index (χ2v) is 9.67. The number of nitrogens with zero attached hydrogens (tertiary/aromatic N) is 2. The van der Waals surface area contributed by atoms with E-state index in [1.54, 1.807) is 0 Å². The molecule has 42 heavy (non-hydrogen) atoms. The summed E-state index contributed by atoms with van der Waals surface area (Å²) >= 11 is 0. The summed E-state index contributed by atoms with van der Waals surface area (Å²) in [4.78, 5) is 6.98. The summed E-state index contributed by atoms with van der Waals surface area (Å²) in [6, 6.07) is 25.1. The maximum atomic E-state index is 4.89. The molecule has 4 rings (SSSR count). The molecule has 0 atom stereocenters. The van der Waals surface area contributed by atoms with E-state index in [0.29, 0.717) is 6.54 Å². The lowest BCUT2D eigenvalue weighted by atomic mass is 10.0. The van der Waals surface area contributed by atoms with Crippen molar-refractivity contribution in [2.75, 3.05) is 12.4 Å². The number of aryl methyl sites for hydroxylation is 3. The van der Waals surface area contributed by atoms with Gasteiger partial charge in [0.25, 0.3) is 0 Å². The van der Waals surface area contributed by atoms with E-state index in [0.717, 1.165) is 34.3 Å². The molecule has 0 saturated carbocycles. The molecule has 0 bridgehead atoms. The molecule has 0 spiro atoms. The zero-order valence-electron chi connectivity index (χ0n) is 27.6. The van der Waals surface area contributed by atoms with Crippen molar-refractivity contribution in [1.82, 2.24) is 10.2 Å². The Balaban J connectivity index is 0.000000491. The van der Waals surface area contributed by atoms with Crippen LogP contribution in [0, 0.1) is 20.8 Å². The average molecular weight is 565 g/mol. The van der Waals surface area contributed by atoms with Crippen molar-refractivity contribution < 1.29 is 0 Å². The molecule has 1 heterocycles. The molecule has 0 unspecified atom stereocenters. The fourth-order valence-corrected chi connectivity index (χ4v) is 4.03. The third-order valence-electron chi connectivity index (χ3n) is 6.36. The molecule has 4 nitrogen and oxygen atoms in total. The number of hydrogen-bond acceptors (Lipinski definition) is 3. The van der Waals surface area contributed by atoms with Crippen LogP contribution in [-0.2, 0) is 6.54 Å². The minimum Gasteiger partial charge on any atom is -0.360 e. The van der Waals surface area contributed by atoms with E-state index in [2.05, 4.69) is 117 Å². The topological polar surface area (TPSA) is 39.7 Å². The predicted octanol–water partition coefficient (Wildman–Crippen LogP) is 10.2. The van der Waals surface area contributed by atoms with E-state index < -0.39 is 0 Å². The van der Waals surface area contributed by atoms with E-state index >= 15 is 0 Å². The highest BCUT2D eigenvalue weighted by atomic mass is 15.3. The SMILES string of the molecule is C=C(C)Nc1ccccc1C.C=C/C(C)=C1/NC(c2ccccc2C)=CC(=NCc2ccc(C)cc2)N1C.CC.CC. The van der Waals surface area contributed by atoms with E-state index in [1.807, 2.05) is 65.9 Å². The predicted molar refractivity (Wildman–Crippen MR) is 188 cm³/mol. The summed E-state index contributed by atoms with van der Waals surface area (Å²) in [5.74, 6) is 1.94. The largest absolute Gasteiger partial charge is 0.360 e. The minimum atomic E-state index is 0.651. The van der Waals surface area contributed by atoms with E-state index in [9.17, 15) is 0 Å². The summed E-state index contributed by atoms with van der Waals surface area (Å²) in [5, 5.41) is 6.74. The highest BCUT2D eigenvalue weighted by Gasteiger charge is 2.21. The van der Waals surface area contributed by atoms with Gasteiger partial charge in [-0.2, -0.15) is 0 Å². The lowest BCUT2D eigenvalue weighted by Crippen LogP contribution is -2.38. The summed E-state index contributed by atoms with van der Waals surface area (Å²) < 4.78 is 0. The van der Waals surface area contributed by atoms with Gasteiger partial charge in [0.15, 0.2) is 0 Å². The van der Waals surface area contributed by atoms with Crippen molar-refractivity contribution in [3.8, 4) is 0 Å². The molecule has 0 aromatic heterocycles. The molecule has 0 fully saturated rings. The first-order chi connectivity index (χ1) is 20.2. The van der Waals surface area contributed by atoms with Crippen LogP contribution >= 0.6 is 0 Å². The monoisotopic (exact) mass is 564 g/mol. The Bertz CT molecular complexity index is 1370. The molecule has 0 radical (unpaired) electrons. The standard InChI is InChI=1S/C24H27N3.C10H13N.2C2H6/c1-6-18(3)24-26-22(21-10-8-7-9-19(21)4)15-23(27(24)5)25-16-20-13-11-17(2)12-14-20;1-8(2)11-10-7-5-4-6-9(10)3;2*1-2/h6-15,26H,1,16H2,2-5H3;4-7,11H,1H2,2-3H3;2*1-2H3/b24-18-,25-23?;;;. The lowest BCUT2D eigenvalue weighted by molar-refractivity contribution is 0.571. The molecule has 3 aromatic rings. The normalized spacial score (nSPS) is 13.9. The van der Waals surface area contributed by atoms with E-state index in [1.165, 1.54) is 27.8 Å². The van der Waals surface area contributed by atoms with Crippen molar-refractivity contribution in [3.63, 3.8) is 0 Å². The van der Waals surface area contributed by atoms with Crippen LogP contribution in [0.3, 0.4) is 0 Å². The van der Waals surface area contributed by atoms with Crippen LogP contribution in [0.5, 0.6) is 0 Å². The Morgan fingerprint density at radius 1 is 0.857 bits per heavy atom. The van der Waals surface area contributed by atoms with Crippen LogP contribution < -0.4 is 10.6 Å². The number of benzene rings is 3. The first-order valence-corrected chi connectivity index (χ1v) is 14.9. The van der Waals surface area contributed by atoms with Crippen molar-refractivity contribution in [2.24, 2.45) is 4.99 Å². The molecular formula is C38H52N4. The molecule has 1 aliphatic heterocycles. The van der Waals surface area contributed by atoms with E-state index in [4.69, 9.17) is 4.99 Å². The summed E-state index contributed by atoms with van der Waals surface area (Å²) in [5.41, 5.74) is 10.4. The summed E-state index contributed by atoms with van der Waals surface area (Å²) in [6.45, 7) is 26.7. The van der Waals surface area contributed by atoms with Crippen molar-refractivity contribution in [2.45, 2.75) is 68.9 Å². The van der Waals surface area contributed by atoms with Gasteiger partial charge in [0.2, 0.25) is 0 Å². The van der Waals surface area contributed by atoms with E-state index in [-0.39, 0.29) is 0 Å². The van der Waals surface area contributed by atoms with Crippen molar-refractivity contribution in [1.29, 1.82) is 0 Å². The number of hydrogen-bond donors (Lipinski definition) is 2. The number of anilines is 1. The van der Waals surface area contributed by atoms with Gasteiger partial charge in [-0.15, -0.1) is 0 Å². The molecule has 2 N–H and O–H groups in total. The highest BCUT2D eigenvalue weighted by molar-refractivity contribution is 6.02. The van der Waals surface area contributed by atoms with Gasteiger partial charge in [0.1, 0.15) is 11.7 Å². The van der Waals surface area contributed by atoms with Gasteiger partial charge in [0.05, 0.1) is 12.2 Å². The zero-order chi connectivity index (χ0) is 31.7. The second-order valence-electron chi connectivity index (χ2n) is 9.67. The molecular weight excluding hydrogens is 512 g/mol. The molecule has 224 valence electrons. The van der Waals surface area contributed by atoms with Gasteiger partial charge in [-0.3, -0.25) is 4.99 Å². The third-order valence-corrected chi connectivity index (χ3v) is 6.36. The van der Waals surface area contributed by atoms with Crippen LogP contribution in [0.1, 0.15) is 69.4 Å². The molecule has 3 aromatic carbocycles. The number of amidine groups is 1. The Kier molecular flexibility index (Phi) is 16.1. The number of para-hydroxylation sites is 1. The number of aliphatic imine (C=N–C) groups is 1. The van der Waals surface area contributed by atoms with Gasteiger partial charge in [-0.1, -0.05) is 119 Å². The van der Waals surface area contributed by atoms with Gasteiger partial charge in [-0.05, 0) is 62.9 Å². The van der Waals surface area contributed by atoms with Crippen LogP contribution in [0.4, 0.5) is 5.69 Å². The fraction of sp³-hybridized carbons (Fsp3) is 0.289. The smallest absolute Gasteiger partial charge is 0.131 e. The Morgan fingerprint density at radius 3 is 1.98 bits per heavy atom. The number of allylic oxidation sites excluding steroid dienone is 3. The molecule has 4 heteroatoms. The highest BCUT2D eigenvalue weighted by Crippen LogP contribution is 2.24. The summed E-state index contributed by atoms with van der Waals surface area (Å²) in [7, 11) is 2.04. The number of rotatable bonds is 6. The molecule has 1 aliphatic rings. The maximum absolute atomic E-state index is 4.89. The summed E-state index contributed by atoms with van der Waals surface area (Å²) in [6.07, 6.45) is 3.99. The molecule has 0 saturated heterocycles. The first kappa shape index (κ1) is 35.7. The lowest BCUT2D eigenvalue weighted by Gasteiger charge is -2.32. The van der Waals surface area contributed by atoms with Crippen molar-refractivity contribution in [3.05, 3.63) is 143 Å². The van der Waals surface area contributed by atoms with Gasteiger partial charge in [0, 0.05) is 30.1 Å². The number of nitrogens with one attached hydrogen (secondary N) is 2. The quantitative estimate of drug-likeness (QED) is 0.313.